The first-order valence-electron chi connectivity index (χ1n) is 6.06. The van der Waals surface area contributed by atoms with Crippen molar-refractivity contribution in [1.29, 1.82) is 0 Å². The topological polar surface area (TPSA) is 49.3 Å². The average molecular weight is 213 g/mol. The maximum Gasteiger partial charge on any atom is 0.222 e. The lowest BCUT2D eigenvalue weighted by Crippen LogP contribution is -2.42. The van der Waals surface area contributed by atoms with Crippen LogP contribution in [0.2, 0.25) is 0 Å². The summed E-state index contributed by atoms with van der Waals surface area (Å²) in [6.07, 6.45) is 5.63. The van der Waals surface area contributed by atoms with Gasteiger partial charge in [0.1, 0.15) is 0 Å². The summed E-state index contributed by atoms with van der Waals surface area (Å²) in [5, 5.41) is 12.1. The molecule has 0 aromatic rings. The quantitative estimate of drug-likeness (QED) is 0.730. The second-order valence-corrected chi connectivity index (χ2v) is 4.83. The molecule has 0 bridgehead atoms. The average Bonchev–Trinajstić information content (AvgIpc) is 2.69. The Kier molecular flexibility index (Phi) is 5.09. The van der Waals surface area contributed by atoms with E-state index in [-0.39, 0.29) is 24.5 Å². The van der Waals surface area contributed by atoms with Crippen molar-refractivity contribution < 1.29 is 9.90 Å². The number of amides is 1. The summed E-state index contributed by atoms with van der Waals surface area (Å²) in [6, 6.07) is 0.187. The monoisotopic (exact) mass is 213 g/mol. The molecule has 15 heavy (non-hydrogen) atoms. The van der Waals surface area contributed by atoms with Crippen LogP contribution in [0.1, 0.15) is 46.0 Å². The van der Waals surface area contributed by atoms with Gasteiger partial charge < -0.3 is 10.4 Å². The molecule has 0 radical (unpaired) electrons. The number of aliphatic hydroxyl groups excluding tert-OH is 1. The number of nitrogens with one attached hydrogen (secondary N) is 1. The molecule has 0 aliphatic heterocycles. The summed E-state index contributed by atoms with van der Waals surface area (Å²) in [6.45, 7) is 3.97. The molecule has 0 spiro atoms. The Hall–Kier alpha value is -0.570. The molecule has 3 nitrogen and oxygen atoms in total. The predicted molar refractivity (Wildman–Crippen MR) is 60.4 cm³/mol. The number of hydrogen-bond acceptors (Lipinski definition) is 2. The van der Waals surface area contributed by atoms with E-state index in [2.05, 4.69) is 5.32 Å². The van der Waals surface area contributed by atoms with Gasteiger partial charge in [-0.3, -0.25) is 4.79 Å². The van der Waals surface area contributed by atoms with E-state index in [4.69, 9.17) is 5.11 Å². The van der Waals surface area contributed by atoms with Crippen LogP contribution in [0, 0.1) is 11.8 Å². The number of rotatable bonds is 5. The normalized spacial score (nSPS) is 19.5. The molecule has 0 aromatic heterocycles. The fraction of sp³-hybridized carbons (Fsp3) is 0.917. The van der Waals surface area contributed by atoms with Gasteiger partial charge in [-0.05, 0) is 25.2 Å². The van der Waals surface area contributed by atoms with Crippen LogP contribution in [0.15, 0.2) is 0 Å². The van der Waals surface area contributed by atoms with Crippen LogP contribution < -0.4 is 5.32 Å². The number of carbonyl (C=O) groups excluding carboxylic acids is 1. The van der Waals surface area contributed by atoms with Crippen molar-refractivity contribution in [3.8, 4) is 0 Å². The third-order valence-electron chi connectivity index (χ3n) is 3.26. The Labute approximate surface area is 92.3 Å². The molecule has 1 saturated carbocycles. The minimum absolute atomic E-state index is 0.0348. The van der Waals surface area contributed by atoms with E-state index in [0.717, 1.165) is 0 Å². The third-order valence-corrected chi connectivity index (χ3v) is 3.26. The summed E-state index contributed by atoms with van der Waals surface area (Å²) < 4.78 is 0. The predicted octanol–water partition coefficient (Wildman–Crippen LogP) is 1.70. The van der Waals surface area contributed by atoms with Crippen molar-refractivity contribution in [1.82, 2.24) is 5.32 Å². The van der Waals surface area contributed by atoms with Crippen molar-refractivity contribution in [3.05, 3.63) is 0 Å². The van der Waals surface area contributed by atoms with E-state index in [0.29, 0.717) is 12.3 Å². The lowest BCUT2D eigenvalue weighted by Gasteiger charge is -2.24. The summed E-state index contributed by atoms with van der Waals surface area (Å²) in [4.78, 5) is 11.6. The van der Waals surface area contributed by atoms with Gasteiger partial charge in [-0.15, -0.1) is 0 Å². The zero-order chi connectivity index (χ0) is 11.3. The largest absolute Gasteiger partial charge is 0.396 e. The second kappa shape index (κ2) is 6.11. The molecule has 1 fully saturated rings. The Morgan fingerprint density at radius 1 is 1.40 bits per heavy atom. The van der Waals surface area contributed by atoms with E-state index >= 15 is 0 Å². The van der Waals surface area contributed by atoms with Gasteiger partial charge in [-0.25, -0.2) is 0 Å². The summed E-state index contributed by atoms with van der Waals surface area (Å²) >= 11 is 0. The number of carbonyl (C=O) groups is 1. The van der Waals surface area contributed by atoms with Gasteiger partial charge in [0.2, 0.25) is 5.91 Å². The first-order valence-corrected chi connectivity index (χ1v) is 6.06. The van der Waals surface area contributed by atoms with Gasteiger partial charge in [-0.1, -0.05) is 26.7 Å². The minimum atomic E-state index is 0.0348. The molecule has 0 aromatic carbocycles. The Balaban J connectivity index is 2.45. The van der Waals surface area contributed by atoms with E-state index in [1.165, 1.54) is 25.7 Å². The van der Waals surface area contributed by atoms with Gasteiger partial charge in [0.05, 0.1) is 0 Å². The smallest absolute Gasteiger partial charge is 0.222 e. The van der Waals surface area contributed by atoms with Crippen molar-refractivity contribution in [2.75, 3.05) is 6.61 Å². The highest BCUT2D eigenvalue weighted by Gasteiger charge is 2.26. The van der Waals surface area contributed by atoms with Gasteiger partial charge in [0, 0.05) is 18.6 Å². The second-order valence-electron chi connectivity index (χ2n) is 4.83. The molecule has 1 aliphatic rings. The third kappa shape index (κ3) is 3.82. The van der Waals surface area contributed by atoms with Gasteiger partial charge in [-0.2, -0.15) is 0 Å². The maximum atomic E-state index is 11.6. The van der Waals surface area contributed by atoms with Crippen LogP contribution in [-0.2, 0) is 4.79 Å². The van der Waals surface area contributed by atoms with Crippen LogP contribution in [0.3, 0.4) is 0 Å². The Morgan fingerprint density at radius 3 is 2.47 bits per heavy atom. The Morgan fingerprint density at radius 2 is 2.00 bits per heavy atom. The fourth-order valence-corrected chi connectivity index (χ4v) is 2.27. The lowest BCUT2D eigenvalue weighted by molar-refractivity contribution is -0.125. The molecular weight excluding hydrogens is 190 g/mol. The van der Waals surface area contributed by atoms with E-state index < -0.39 is 0 Å². The van der Waals surface area contributed by atoms with Crippen LogP contribution in [0.25, 0.3) is 0 Å². The fourth-order valence-electron chi connectivity index (χ4n) is 2.27. The van der Waals surface area contributed by atoms with Crippen molar-refractivity contribution >= 4 is 5.91 Å². The molecule has 3 heteroatoms. The Bertz CT molecular complexity index is 198. The number of hydrogen-bond donors (Lipinski definition) is 2. The molecular formula is C12H23NO2. The van der Waals surface area contributed by atoms with Crippen molar-refractivity contribution in [2.24, 2.45) is 11.8 Å². The maximum absolute atomic E-state index is 11.6. The van der Waals surface area contributed by atoms with Crippen LogP contribution in [0.4, 0.5) is 0 Å². The molecule has 1 amide bonds. The molecule has 88 valence electrons. The lowest BCUT2D eigenvalue weighted by atomic mass is 9.95. The van der Waals surface area contributed by atoms with Crippen molar-refractivity contribution in [3.63, 3.8) is 0 Å². The van der Waals surface area contributed by atoms with Crippen LogP contribution in [-0.4, -0.2) is 23.7 Å². The van der Waals surface area contributed by atoms with Crippen molar-refractivity contribution in [2.45, 2.75) is 52.0 Å². The highest BCUT2D eigenvalue weighted by atomic mass is 16.3. The SMILES string of the molecule is CC(C)C(=O)NC(CCO)C1CCCC1. The molecule has 1 rings (SSSR count). The first kappa shape index (κ1) is 12.5. The van der Waals surface area contributed by atoms with Gasteiger partial charge >= 0.3 is 0 Å². The standard InChI is InChI=1S/C12H23NO2/c1-9(2)12(15)13-11(7-8-14)10-5-3-4-6-10/h9-11,14H,3-8H2,1-2H3,(H,13,15). The van der Waals surface area contributed by atoms with E-state index in [1.807, 2.05) is 13.8 Å². The molecule has 0 saturated heterocycles. The molecule has 1 aliphatic carbocycles. The van der Waals surface area contributed by atoms with Crippen LogP contribution in [0.5, 0.6) is 0 Å². The molecule has 0 heterocycles. The van der Waals surface area contributed by atoms with Gasteiger partial charge in [0.15, 0.2) is 0 Å². The molecule has 2 N–H and O–H groups in total. The van der Waals surface area contributed by atoms with Gasteiger partial charge in [0.25, 0.3) is 0 Å². The molecule has 1 atom stereocenters. The zero-order valence-electron chi connectivity index (χ0n) is 9.83. The summed E-state index contributed by atoms with van der Waals surface area (Å²) in [7, 11) is 0. The number of aliphatic hydroxyl groups is 1. The first-order chi connectivity index (χ1) is 7.15. The highest BCUT2D eigenvalue weighted by Crippen LogP contribution is 2.29. The summed E-state index contributed by atoms with van der Waals surface area (Å²) in [5.74, 6) is 0.729. The summed E-state index contributed by atoms with van der Waals surface area (Å²) in [5.41, 5.74) is 0. The van der Waals surface area contributed by atoms with E-state index in [9.17, 15) is 4.79 Å². The zero-order valence-corrected chi connectivity index (χ0v) is 9.83. The van der Waals surface area contributed by atoms with E-state index in [1.54, 1.807) is 0 Å². The molecule has 1 unspecified atom stereocenters. The minimum Gasteiger partial charge on any atom is -0.396 e. The highest BCUT2D eigenvalue weighted by molar-refractivity contribution is 5.78. The van der Waals surface area contributed by atoms with Crippen LogP contribution >= 0.6 is 0 Å².